The Hall–Kier alpha value is -2.55. The van der Waals surface area contributed by atoms with Crippen LogP contribution in [-0.4, -0.2) is 24.3 Å². The van der Waals surface area contributed by atoms with Gasteiger partial charge < -0.3 is 14.8 Å². The topological polar surface area (TPSA) is 64.6 Å². The maximum Gasteiger partial charge on any atom is 0.573 e. The van der Waals surface area contributed by atoms with E-state index in [1.807, 2.05) is 5.38 Å². The van der Waals surface area contributed by atoms with Gasteiger partial charge in [-0.2, -0.15) is 0 Å². The lowest BCUT2D eigenvalue weighted by molar-refractivity contribution is -0.274. The summed E-state index contributed by atoms with van der Waals surface area (Å²) in [6, 6.07) is 8.21. The molecule has 2 rings (SSSR count). The van der Waals surface area contributed by atoms with Crippen LogP contribution in [0.2, 0.25) is 0 Å². The molecule has 9 heteroatoms. The summed E-state index contributed by atoms with van der Waals surface area (Å²) in [6.07, 6.45) is -5.76. The van der Waals surface area contributed by atoms with E-state index in [9.17, 15) is 22.8 Å². The number of carbonyl (C=O) groups excluding carboxylic acids is 2. The molecule has 0 unspecified atom stereocenters. The Morgan fingerprint density at radius 1 is 1.20 bits per heavy atom. The van der Waals surface area contributed by atoms with Crippen molar-refractivity contribution < 1.29 is 32.2 Å². The second-order valence-electron chi connectivity index (χ2n) is 4.95. The minimum absolute atomic E-state index is 0.0682. The molecular formula is C16H14F3NO4S. The number of ether oxygens (including phenoxy) is 2. The molecule has 0 spiro atoms. The molecular weight excluding hydrogens is 359 g/mol. The van der Waals surface area contributed by atoms with E-state index in [0.717, 1.165) is 17.0 Å². The first-order chi connectivity index (χ1) is 11.7. The van der Waals surface area contributed by atoms with Gasteiger partial charge in [-0.15, -0.1) is 24.5 Å². The highest BCUT2D eigenvalue weighted by Crippen LogP contribution is 2.24. The first-order valence-corrected chi connectivity index (χ1v) is 7.99. The van der Waals surface area contributed by atoms with Crippen molar-refractivity contribution in [1.82, 2.24) is 0 Å². The Labute approximate surface area is 145 Å². The number of nitrogens with one attached hydrogen (secondary N) is 1. The van der Waals surface area contributed by atoms with E-state index in [1.54, 1.807) is 12.1 Å². The molecule has 1 aromatic carbocycles. The summed E-state index contributed by atoms with van der Waals surface area (Å²) in [6.45, 7) is 1.41. The number of hydrogen-bond donors (Lipinski definition) is 1. The number of esters is 1. The van der Waals surface area contributed by atoms with E-state index in [4.69, 9.17) is 4.74 Å². The van der Waals surface area contributed by atoms with E-state index in [0.29, 0.717) is 0 Å². The molecule has 5 nitrogen and oxygen atoms in total. The number of anilines is 1. The van der Waals surface area contributed by atoms with Crippen LogP contribution in [0.15, 0.2) is 41.8 Å². The largest absolute Gasteiger partial charge is 0.573 e. The molecule has 2 aromatic rings. The van der Waals surface area contributed by atoms with Crippen LogP contribution in [0.4, 0.5) is 18.9 Å². The maximum atomic E-state index is 12.1. The van der Waals surface area contributed by atoms with Gasteiger partial charge in [0.1, 0.15) is 5.75 Å². The average Bonchev–Trinajstić information content (AvgIpc) is 3.00. The van der Waals surface area contributed by atoms with Gasteiger partial charge in [0.2, 0.25) is 0 Å². The molecule has 1 atom stereocenters. The quantitative estimate of drug-likeness (QED) is 0.783. The number of rotatable bonds is 6. The smallest absolute Gasteiger partial charge is 0.452 e. The average molecular weight is 373 g/mol. The van der Waals surface area contributed by atoms with Crippen LogP contribution >= 0.6 is 11.3 Å². The Morgan fingerprint density at radius 3 is 2.44 bits per heavy atom. The number of thiophene rings is 1. The zero-order valence-corrected chi connectivity index (χ0v) is 13.8. The van der Waals surface area contributed by atoms with Crippen molar-refractivity contribution in [3.8, 4) is 5.75 Å². The van der Waals surface area contributed by atoms with Crippen LogP contribution in [0.25, 0.3) is 0 Å². The molecule has 0 radical (unpaired) electrons. The molecule has 0 aliphatic carbocycles. The SMILES string of the molecule is C[C@@H](OC(=O)Cc1cccs1)C(=O)Nc1ccc(OC(F)(F)F)cc1. The summed E-state index contributed by atoms with van der Waals surface area (Å²) in [5, 5.41) is 4.27. The Bertz CT molecular complexity index is 714. The summed E-state index contributed by atoms with van der Waals surface area (Å²) in [4.78, 5) is 24.5. The second-order valence-corrected chi connectivity index (χ2v) is 5.98. The van der Waals surface area contributed by atoms with Crippen molar-refractivity contribution in [2.45, 2.75) is 25.8 Å². The Kier molecular flexibility index (Phi) is 6.02. The molecule has 134 valence electrons. The van der Waals surface area contributed by atoms with Gasteiger partial charge >= 0.3 is 12.3 Å². The number of carbonyl (C=O) groups is 2. The molecule has 0 bridgehead atoms. The highest BCUT2D eigenvalue weighted by atomic mass is 32.1. The summed E-state index contributed by atoms with van der Waals surface area (Å²) in [7, 11) is 0. The molecule has 1 N–H and O–H groups in total. The van der Waals surface area contributed by atoms with E-state index in [-0.39, 0.29) is 12.1 Å². The van der Waals surface area contributed by atoms with Gasteiger partial charge in [0.05, 0.1) is 6.42 Å². The summed E-state index contributed by atoms with van der Waals surface area (Å²) >= 11 is 1.40. The zero-order chi connectivity index (χ0) is 18.4. The van der Waals surface area contributed by atoms with E-state index in [2.05, 4.69) is 10.1 Å². The van der Waals surface area contributed by atoms with Gasteiger partial charge in [-0.1, -0.05) is 6.07 Å². The minimum atomic E-state index is -4.78. The van der Waals surface area contributed by atoms with E-state index >= 15 is 0 Å². The lowest BCUT2D eigenvalue weighted by Gasteiger charge is -2.14. The first kappa shape index (κ1) is 18.8. The number of alkyl halides is 3. The molecule has 0 aliphatic rings. The predicted octanol–water partition coefficient (Wildman–Crippen LogP) is 3.76. The van der Waals surface area contributed by atoms with Crippen molar-refractivity contribution in [2.24, 2.45) is 0 Å². The third-order valence-electron chi connectivity index (χ3n) is 2.93. The number of halogens is 3. The molecule has 1 amide bonds. The minimum Gasteiger partial charge on any atom is -0.452 e. The van der Waals surface area contributed by atoms with Crippen LogP contribution in [0, 0.1) is 0 Å². The molecule has 0 fully saturated rings. The van der Waals surface area contributed by atoms with Gasteiger partial charge in [-0.25, -0.2) is 0 Å². The molecule has 0 saturated carbocycles. The maximum absolute atomic E-state index is 12.1. The number of benzene rings is 1. The normalized spacial score (nSPS) is 12.3. The van der Waals surface area contributed by atoms with Crippen LogP contribution in [0.1, 0.15) is 11.8 Å². The third kappa shape index (κ3) is 6.46. The van der Waals surface area contributed by atoms with Gasteiger partial charge in [-0.3, -0.25) is 9.59 Å². The monoisotopic (exact) mass is 373 g/mol. The fraction of sp³-hybridized carbons (Fsp3) is 0.250. The van der Waals surface area contributed by atoms with Crippen molar-refractivity contribution >= 4 is 28.9 Å². The lowest BCUT2D eigenvalue weighted by Crippen LogP contribution is -2.30. The molecule has 0 aliphatic heterocycles. The van der Waals surface area contributed by atoms with E-state index in [1.165, 1.54) is 30.4 Å². The van der Waals surface area contributed by atoms with Crippen molar-refractivity contribution in [3.05, 3.63) is 46.7 Å². The fourth-order valence-electron chi connectivity index (χ4n) is 1.83. The molecule has 1 heterocycles. The summed E-state index contributed by atoms with van der Waals surface area (Å²) < 4.78 is 45.0. The second kappa shape index (κ2) is 8.02. The van der Waals surface area contributed by atoms with Crippen LogP contribution in [-0.2, 0) is 20.7 Å². The van der Waals surface area contributed by atoms with Crippen molar-refractivity contribution in [3.63, 3.8) is 0 Å². The summed E-state index contributed by atoms with van der Waals surface area (Å²) in [5.41, 5.74) is 0.251. The first-order valence-electron chi connectivity index (χ1n) is 7.11. The van der Waals surface area contributed by atoms with Gasteiger partial charge in [0, 0.05) is 10.6 Å². The molecule has 0 saturated heterocycles. The highest BCUT2D eigenvalue weighted by molar-refractivity contribution is 7.10. The van der Waals surface area contributed by atoms with Crippen LogP contribution in [0.3, 0.4) is 0 Å². The van der Waals surface area contributed by atoms with Crippen LogP contribution < -0.4 is 10.1 Å². The van der Waals surface area contributed by atoms with Crippen molar-refractivity contribution in [1.29, 1.82) is 0 Å². The Balaban J connectivity index is 1.84. The summed E-state index contributed by atoms with van der Waals surface area (Å²) in [5.74, 6) is -1.54. The van der Waals surface area contributed by atoms with Crippen molar-refractivity contribution in [2.75, 3.05) is 5.32 Å². The lowest BCUT2D eigenvalue weighted by atomic mass is 10.3. The molecule has 1 aromatic heterocycles. The number of amides is 1. The predicted molar refractivity (Wildman–Crippen MR) is 85.3 cm³/mol. The zero-order valence-electron chi connectivity index (χ0n) is 13.0. The van der Waals surface area contributed by atoms with Gasteiger partial charge in [0.15, 0.2) is 6.10 Å². The Morgan fingerprint density at radius 2 is 1.88 bits per heavy atom. The van der Waals surface area contributed by atoms with Crippen LogP contribution in [0.5, 0.6) is 5.75 Å². The molecule has 25 heavy (non-hydrogen) atoms. The van der Waals surface area contributed by atoms with Gasteiger partial charge in [-0.05, 0) is 42.6 Å². The highest BCUT2D eigenvalue weighted by Gasteiger charge is 2.31. The van der Waals surface area contributed by atoms with E-state index < -0.39 is 30.1 Å². The van der Waals surface area contributed by atoms with Gasteiger partial charge in [0.25, 0.3) is 5.91 Å². The fourth-order valence-corrected chi connectivity index (χ4v) is 2.52. The number of hydrogen-bond acceptors (Lipinski definition) is 5. The third-order valence-corrected chi connectivity index (χ3v) is 3.81. The standard InChI is InChI=1S/C16H14F3NO4S/c1-10(23-14(21)9-13-3-2-8-25-13)15(22)20-11-4-6-12(7-5-11)24-16(17,18)19/h2-8,10H,9H2,1H3,(H,20,22)/t10-/m1/s1.